The summed E-state index contributed by atoms with van der Waals surface area (Å²) in [5.74, 6) is -0.397. The van der Waals surface area contributed by atoms with E-state index in [1.165, 1.54) is 28.2 Å². The van der Waals surface area contributed by atoms with Gasteiger partial charge in [-0.1, -0.05) is 42.5 Å². The molecule has 0 bridgehead atoms. The van der Waals surface area contributed by atoms with Crippen LogP contribution in [-0.2, 0) is 12.1 Å². The second kappa shape index (κ2) is 7.45. The standard InChI is InChI=1S/C21H21NO2S2/c23-20(18-8-4-12-25-18)17-15-22(14-16-6-2-1-3-7-16)11-10-21(17,24)19-9-5-13-26-19/h1-9,12-13,17,24H,10-11,14-15H2/t17-,21-/m1/s1. The van der Waals surface area contributed by atoms with Crippen molar-refractivity contribution in [2.45, 2.75) is 18.6 Å². The van der Waals surface area contributed by atoms with Crippen LogP contribution < -0.4 is 0 Å². The Balaban J connectivity index is 1.62. The number of benzene rings is 1. The molecule has 0 radical (unpaired) electrons. The molecule has 26 heavy (non-hydrogen) atoms. The fraction of sp³-hybridized carbons (Fsp3) is 0.286. The molecule has 1 aliphatic rings. The quantitative estimate of drug-likeness (QED) is 0.664. The summed E-state index contributed by atoms with van der Waals surface area (Å²) >= 11 is 2.99. The normalized spacial score (nSPS) is 23.8. The Morgan fingerprint density at radius 2 is 1.85 bits per heavy atom. The summed E-state index contributed by atoms with van der Waals surface area (Å²) in [5, 5.41) is 15.4. The van der Waals surface area contributed by atoms with E-state index in [4.69, 9.17) is 0 Å². The molecule has 1 fully saturated rings. The van der Waals surface area contributed by atoms with Crippen LogP contribution in [0, 0.1) is 5.92 Å². The monoisotopic (exact) mass is 383 g/mol. The van der Waals surface area contributed by atoms with Gasteiger partial charge in [-0.2, -0.15) is 0 Å². The molecule has 5 heteroatoms. The Hall–Kier alpha value is -1.79. The van der Waals surface area contributed by atoms with Crippen LogP contribution in [0.5, 0.6) is 0 Å². The zero-order chi connectivity index (χ0) is 18.0. The molecule has 1 N–H and O–H groups in total. The van der Waals surface area contributed by atoms with Crippen molar-refractivity contribution in [2.75, 3.05) is 13.1 Å². The highest BCUT2D eigenvalue weighted by Crippen LogP contribution is 2.42. The lowest BCUT2D eigenvalue weighted by molar-refractivity contribution is -0.0631. The van der Waals surface area contributed by atoms with Gasteiger partial charge in [0, 0.05) is 24.5 Å². The molecule has 0 amide bonds. The number of piperidine rings is 1. The summed E-state index contributed by atoms with van der Waals surface area (Å²) in [4.78, 5) is 17.1. The van der Waals surface area contributed by atoms with E-state index in [2.05, 4.69) is 17.0 Å². The molecule has 3 heterocycles. The first-order valence-electron chi connectivity index (χ1n) is 8.77. The minimum absolute atomic E-state index is 0.0497. The van der Waals surface area contributed by atoms with Crippen molar-refractivity contribution >= 4 is 28.5 Å². The number of hydrogen-bond acceptors (Lipinski definition) is 5. The van der Waals surface area contributed by atoms with Gasteiger partial charge in [0.05, 0.1) is 10.8 Å². The topological polar surface area (TPSA) is 40.5 Å². The minimum atomic E-state index is -1.08. The smallest absolute Gasteiger partial charge is 0.180 e. The summed E-state index contributed by atoms with van der Waals surface area (Å²) in [6, 6.07) is 18.0. The highest BCUT2D eigenvalue weighted by atomic mass is 32.1. The molecule has 2 aromatic heterocycles. The number of rotatable bonds is 5. The zero-order valence-electron chi connectivity index (χ0n) is 14.4. The van der Waals surface area contributed by atoms with E-state index in [0.717, 1.165) is 22.8 Å². The molecular formula is C21H21NO2S2. The van der Waals surface area contributed by atoms with Gasteiger partial charge in [-0.15, -0.1) is 22.7 Å². The van der Waals surface area contributed by atoms with E-state index in [-0.39, 0.29) is 5.78 Å². The van der Waals surface area contributed by atoms with Crippen LogP contribution in [-0.4, -0.2) is 28.9 Å². The van der Waals surface area contributed by atoms with Crippen LogP contribution in [0.15, 0.2) is 65.4 Å². The maximum absolute atomic E-state index is 13.2. The Kier molecular flexibility index (Phi) is 5.05. The predicted octanol–water partition coefficient (Wildman–Crippen LogP) is 4.40. The highest BCUT2D eigenvalue weighted by molar-refractivity contribution is 7.12. The number of ketones is 1. The molecule has 0 saturated carbocycles. The second-order valence-corrected chi connectivity index (χ2v) is 8.66. The number of carbonyl (C=O) groups is 1. The van der Waals surface area contributed by atoms with Gasteiger partial charge in [-0.25, -0.2) is 0 Å². The Morgan fingerprint density at radius 1 is 1.08 bits per heavy atom. The van der Waals surface area contributed by atoms with Crippen LogP contribution in [0.25, 0.3) is 0 Å². The number of carbonyl (C=O) groups excluding carboxylic acids is 1. The van der Waals surface area contributed by atoms with E-state index in [9.17, 15) is 9.90 Å². The van der Waals surface area contributed by atoms with E-state index in [1.807, 2.05) is 53.2 Å². The third-order valence-electron chi connectivity index (χ3n) is 5.10. The fourth-order valence-electron chi connectivity index (χ4n) is 3.70. The van der Waals surface area contributed by atoms with Crippen molar-refractivity contribution in [2.24, 2.45) is 5.92 Å². The lowest BCUT2D eigenvalue weighted by Gasteiger charge is -2.43. The number of hydrogen-bond donors (Lipinski definition) is 1. The molecule has 134 valence electrons. The lowest BCUT2D eigenvalue weighted by Crippen LogP contribution is -2.52. The van der Waals surface area contributed by atoms with Crippen LogP contribution in [0.4, 0.5) is 0 Å². The van der Waals surface area contributed by atoms with Crippen LogP contribution in [0.2, 0.25) is 0 Å². The van der Waals surface area contributed by atoms with Gasteiger partial charge in [0.25, 0.3) is 0 Å². The van der Waals surface area contributed by atoms with Gasteiger partial charge in [-0.3, -0.25) is 9.69 Å². The van der Waals surface area contributed by atoms with Gasteiger partial charge in [0.15, 0.2) is 5.78 Å². The van der Waals surface area contributed by atoms with Crippen molar-refractivity contribution in [3.63, 3.8) is 0 Å². The van der Waals surface area contributed by atoms with Crippen molar-refractivity contribution in [3.05, 3.63) is 80.7 Å². The molecular weight excluding hydrogens is 362 g/mol. The molecule has 0 unspecified atom stereocenters. The average Bonchev–Trinajstić information content (AvgIpc) is 3.38. The van der Waals surface area contributed by atoms with Gasteiger partial charge in [-0.05, 0) is 34.9 Å². The summed E-state index contributed by atoms with van der Waals surface area (Å²) in [5.41, 5.74) is 0.152. The van der Waals surface area contributed by atoms with Crippen LogP contribution in [0.3, 0.4) is 0 Å². The van der Waals surface area contributed by atoms with E-state index in [1.54, 1.807) is 0 Å². The summed E-state index contributed by atoms with van der Waals surface area (Å²) in [6.07, 6.45) is 0.572. The predicted molar refractivity (Wildman–Crippen MR) is 107 cm³/mol. The van der Waals surface area contributed by atoms with Crippen molar-refractivity contribution < 1.29 is 9.90 Å². The summed E-state index contributed by atoms with van der Waals surface area (Å²) < 4.78 is 0. The first-order valence-corrected chi connectivity index (χ1v) is 10.5. The Morgan fingerprint density at radius 3 is 2.54 bits per heavy atom. The number of Topliss-reactive ketones (excluding diaryl/α,β-unsaturated/α-hetero) is 1. The maximum Gasteiger partial charge on any atom is 0.180 e. The number of nitrogens with zero attached hydrogens (tertiary/aromatic N) is 1. The number of likely N-dealkylation sites (tertiary alicyclic amines) is 1. The first kappa shape index (κ1) is 17.6. The third kappa shape index (κ3) is 3.40. The molecule has 1 saturated heterocycles. The summed E-state index contributed by atoms with van der Waals surface area (Å²) in [7, 11) is 0. The molecule has 0 aliphatic carbocycles. The summed E-state index contributed by atoms with van der Waals surface area (Å²) in [6.45, 7) is 2.15. The number of thiophene rings is 2. The van der Waals surface area contributed by atoms with Crippen molar-refractivity contribution in [1.29, 1.82) is 0 Å². The van der Waals surface area contributed by atoms with Crippen LogP contribution >= 0.6 is 22.7 Å². The van der Waals surface area contributed by atoms with Gasteiger partial charge >= 0.3 is 0 Å². The SMILES string of the molecule is O=C(c1cccs1)[C@H]1CN(Cc2ccccc2)CC[C@]1(O)c1cccs1. The molecule has 4 rings (SSSR count). The first-order chi connectivity index (χ1) is 12.7. The Labute approximate surface area is 161 Å². The fourth-order valence-corrected chi connectivity index (χ4v) is 5.33. The second-order valence-electron chi connectivity index (χ2n) is 6.77. The van der Waals surface area contributed by atoms with Crippen molar-refractivity contribution in [3.8, 4) is 0 Å². The van der Waals surface area contributed by atoms with Gasteiger partial charge in [0.1, 0.15) is 5.60 Å². The molecule has 0 spiro atoms. The molecule has 3 nitrogen and oxygen atoms in total. The third-order valence-corrected chi connectivity index (χ3v) is 7.02. The molecule has 3 aromatic rings. The average molecular weight is 384 g/mol. The zero-order valence-corrected chi connectivity index (χ0v) is 16.0. The largest absolute Gasteiger partial charge is 0.383 e. The molecule has 1 aliphatic heterocycles. The maximum atomic E-state index is 13.2. The van der Waals surface area contributed by atoms with Crippen molar-refractivity contribution in [1.82, 2.24) is 4.90 Å². The molecule has 2 atom stereocenters. The minimum Gasteiger partial charge on any atom is -0.383 e. The highest BCUT2D eigenvalue weighted by Gasteiger charge is 2.47. The van der Waals surface area contributed by atoms with Gasteiger partial charge in [0.2, 0.25) is 0 Å². The van der Waals surface area contributed by atoms with Crippen LogP contribution in [0.1, 0.15) is 26.5 Å². The van der Waals surface area contributed by atoms with Gasteiger partial charge < -0.3 is 5.11 Å². The van der Waals surface area contributed by atoms with E-state index < -0.39 is 11.5 Å². The van der Waals surface area contributed by atoms with E-state index >= 15 is 0 Å². The molecule has 1 aromatic carbocycles. The van der Waals surface area contributed by atoms with E-state index in [0.29, 0.717) is 13.0 Å². The Bertz CT molecular complexity index is 846. The number of aliphatic hydroxyl groups is 1. The lowest BCUT2D eigenvalue weighted by atomic mass is 9.76.